The summed E-state index contributed by atoms with van der Waals surface area (Å²) in [6.45, 7) is 6.37. The highest BCUT2D eigenvalue weighted by molar-refractivity contribution is 6.23. The van der Waals surface area contributed by atoms with Gasteiger partial charge >= 0.3 is 0 Å². The maximum Gasteiger partial charge on any atom is 0.112 e. The molecule has 0 heterocycles. The molecule has 0 fully saturated rings. The SMILES string of the molecule is C=C=C(N=C(C1=CC/1=C(/C)c1ccccc1)c1ccccc1)c1cccc(-c2cc(-c3ccccc3)c(-c3ccccc3)c(-c3ccccc3)c2-c2ccccc2)c1. The summed E-state index contributed by atoms with van der Waals surface area (Å²) in [6.07, 6.45) is 2.24. The average Bonchev–Trinajstić information content (AvgIpc) is 4.11. The van der Waals surface area contributed by atoms with Gasteiger partial charge in [0.1, 0.15) is 5.70 Å². The lowest BCUT2D eigenvalue weighted by molar-refractivity contribution is 1.48. The summed E-state index contributed by atoms with van der Waals surface area (Å²) < 4.78 is 0. The number of hydrogen-bond donors (Lipinski definition) is 0. The van der Waals surface area contributed by atoms with Gasteiger partial charge in [0.15, 0.2) is 0 Å². The van der Waals surface area contributed by atoms with Crippen molar-refractivity contribution in [3.63, 3.8) is 0 Å². The lowest BCUT2D eigenvalue weighted by atomic mass is 9.79. The van der Waals surface area contributed by atoms with E-state index in [2.05, 4.69) is 232 Å². The Morgan fingerprint density at radius 1 is 0.414 bits per heavy atom. The summed E-state index contributed by atoms with van der Waals surface area (Å²) >= 11 is 0. The molecule has 0 unspecified atom stereocenters. The van der Waals surface area contributed by atoms with E-state index in [4.69, 9.17) is 4.99 Å². The molecule has 8 aromatic rings. The van der Waals surface area contributed by atoms with Gasteiger partial charge in [-0.3, -0.25) is 0 Å². The van der Waals surface area contributed by atoms with Crippen molar-refractivity contribution in [1.29, 1.82) is 0 Å². The van der Waals surface area contributed by atoms with E-state index in [1.54, 1.807) is 0 Å². The third kappa shape index (κ3) is 7.27. The van der Waals surface area contributed by atoms with Gasteiger partial charge in [0, 0.05) is 16.7 Å². The molecule has 0 N–H and O–H groups in total. The molecule has 274 valence electrons. The molecule has 1 aliphatic carbocycles. The van der Waals surface area contributed by atoms with Crippen molar-refractivity contribution in [3.8, 4) is 55.6 Å². The van der Waals surface area contributed by atoms with Crippen molar-refractivity contribution in [1.82, 2.24) is 0 Å². The second kappa shape index (κ2) is 16.3. The first-order chi connectivity index (χ1) is 28.7. The van der Waals surface area contributed by atoms with Gasteiger partial charge in [0.05, 0.1) is 5.71 Å². The highest BCUT2D eigenvalue weighted by atomic mass is 14.8. The maximum atomic E-state index is 5.38. The zero-order chi connectivity index (χ0) is 39.3. The first-order valence-electron chi connectivity index (χ1n) is 19.7. The summed E-state index contributed by atoms with van der Waals surface area (Å²) in [4.78, 5) is 5.38. The first kappa shape index (κ1) is 36.1. The van der Waals surface area contributed by atoms with Gasteiger partial charge in [-0.25, -0.2) is 4.99 Å². The van der Waals surface area contributed by atoms with Gasteiger partial charge in [-0.05, 0) is 97.5 Å². The molecule has 1 nitrogen and oxygen atoms in total. The molecule has 0 amide bonds. The van der Waals surface area contributed by atoms with Crippen molar-refractivity contribution >= 4 is 17.0 Å². The number of aliphatic imine (C=N–C) groups is 1. The van der Waals surface area contributed by atoms with Crippen LogP contribution in [0.4, 0.5) is 0 Å². The van der Waals surface area contributed by atoms with Gasteiger partial charge < -0.3 is 0 Å². The number of rotatable bonds is 10. The monoisotopic (exact) mass is 739 g/mol. The lowest BCUT2D eigenvalue weighted by Gasteiger charge is -2.24. The Hall–Kier alpha value is -7.57. The smallest absolute Gasteiger partial charge is 0.112 e. The lowest BCUT2D eigenvalue weighted by Crippen LogP contribution is -2.01. The van der Waals surface area contributed by atoms with Crippen molar-refractivity contribution in [2.75, 3.05) is 0 Å². The molecule has 0 spiro atoms. The topological polar surface area (TPSA) is 12.4 Å². The molecule has 0 atom stereocenters. The minimum Gasteiger partial charge on any atom is -0.239 e. The van der Waals surface area contributed by atoms with Crippen LogP contribution >= 0.6 is 0 Å². The number of allylic oxidation sites excluding steroid dienone is 4. The van der Waals surface area contributed by atoms with E-state index < -0.39 is 0 Å². The van der Waals surface area contributed by atoms with Crippen LogP contribution in [0.5, 0.6) is 0 Å². The molecular formula is C57H41N. The van der Waals surface area contributed by atoms with Gasteiger partial charge in [-0.15, -0.1) is 5.73 Å². The van der Waals surface area contributed by atoms with E-state index in [0.717, 1.165) is 50.2 Å². The third-order valence-electron chi connectivity index (χ3n) is 10.8. The van der Waals surface area contributed by atoms with Crippen LogP contribution in [0.25, 0.3) is 66.9 Å². The molecule has 0 radical (unpaired) electrons. The predicted octanol–water partition coefficient (Wildman–Crippen LogP) is 15.1. The molecule has 8 aromatic carbocycles. The van der Waals surface area contributed by atoms with Gasteiger partial charge in [-0.2, -0.15) is 0 Å². The van der Waals surface area contributed by atoms with Crippen LogP contribution in [0.2, 0.25) is 0 Å². The number of nitrogens with zero attached hydrogens (tertiary/aromatic N) is 1. The average molecular weight is 740 g/mol. The zero-order valence-electron chi connectivity index (χ0n) is 32.4. The van der Waals surface area contributed by atoms with Crippen LogP contribution in [-0.2, 0) is 0 Å². The predicted molar refractivity (Wildman–Crippen MR) is 246 cm³/mol. The fourth-order valence-corrected chi connectivity index (χ4v) is 7.95. The minimum absolute atomic E-state index is 0.693. The molecule has 0 saturated carbocycles. The van der Waals surface area contributed by atoms with Crippen molar-refractivity contribution < 1.29 is 0 Å². The number of hydrogen-bond acceptors (Lipinski definition) is 1. The molecule has 58 heavy (non-hydrogen) atoms. The Labute approximate surface area is 341 Å². The van der Waals surface area contributed by atoms with E-state index in [-0.39, 0.29) is 0 Å². The van der Waals surface area contributed by atoms with E-state index >= 15 is 0 Å². The molecular weight excluding hydrogens is 699 g/mol. The van der Waals surface area contributed by atoms with E-state index in [1.807, 2.05) is 6.07 Å². The summed E-state index contributed by atoms with van der Waals surface area (Å²) in [6, 6.07) is 75.3. The normalized spacial score (nSPS) is 13.0. The van der Waals surface area contributed by atoms with Crippen molar-refractivity contribution in [2.45, 2.75) is 6.92 Å². The van der Waals surface area contributed by atoms with Crippen LogP contribution < -0.4 is 0 Å². The van der Waals surface area contributed by atoms with E-state index in [0.29, 0.717) is 5.70 Å². The van der Waals surface area contributed by atoms with Crippen LogP contribution in [0.1, 0.15) is 23.6 Å². The fraction of sp³-hybridized carbons (Fsp3) is 0.0175. The Morgan fingerprint density at radius 2 is 0.828 bits per heavy atom. The Bertz CT molecular complexity index is 2880. The minimum atomic E-state index is 0.693. The van der Waals surface area contributed by atoms with Crippen LogP contribution in [0.3, 0.4) is 0 Å². The Balaban J connectivity index is 1.27. The van der Waals surface area contributed by atoms with Crippen molar-refractivity contribution in [3.05, 3.63) is 259 Å². The van der Waals surface area contributed by atoms with Crippen LogP contribution in [0.15, 0.2) is 247 Å². The summed E-state index contributed by atoms with van der Waals surface area (Å²) in [5.74, 6) is 0. The Morgan fingerprint density at radius 3 is 1.34 bits per heavy atom. The molecule has 1 heteroatoms. The van der Waals surface area contributed by atoms with Crippen LogP contribution in [-0.4, -0.2) is 5.71 Å². The standard InChI is InChI=1S/C57H41N/c1-3-53(58-57(46-33-20-9-21-34-46)52-38-49(52)40(2)41-23-10-4-11-24-41)48-36-22-35-47(37-48)51-39-50(42-25-12-5-13-26-42)54(43-27-14-6-15-28-43)56(45-31-18-8-19-32-45)55(51)44-29-16-7-17-30-44/h4-39H,1H2,2H3/b49-40+,58-57?. The largest absolute Gasteiger partial charge is 0.239 e. The highest BCUT2D eigenvalue weighted by Gasteiger charge is 2.27. The molecule has 0 saturated heterocycles. The van der Waals surface area contributed by atoms with Crippen LogP contribution in [0, 0.1) is 0 Å². The molecule has 0 aromatic heterocycles. The maximum absolute atomic E-state index is 5.38. The van der Waals surface area contributed by atoms with Crippen molar-refractivity contribution in [2.24, 2.45) is 4.99 Å². The third-order valence-corrected chi connectivity index (χ3v) is 10.8. The van der Waals surface area contributed by atoms with Gasteiger partial charge in [-0.1, -0.05) is 207 Å². The molecule has 0 aliphatic heterocycles. The quantitative estimate of drug-likeness (QED) is 0.0978. The fourth-order valence-electron chi connectivity index (χ4n) is 7.95. The van der Waals surface area contributed by atoms with Gasteiger partial charge in [0.2, 0.25) is 0 Å². The van der Waals surface area contributed by atoms with E-state index in [9.17, 15) is 0 Å². The van der Waals surface area contributed by atoms with E-state index in [1.165, 1.54) is 44.5 Å². The highest BCUT2D eigenvalue weighted by Crippen LogP contribution is 2.50. The molecule has 9 rings (SSSR count). The summed E-state index contributed by atoms with van der Waals surface area (Å²) in [5.41, 5.74) is 23.2. The Kier molecular flexibility index (Phi) is 10.1. The first-order valence-corrected chi connectivity index (χ1v) is 19.7. The number of benzene rings is 8. The summed E-state index contributed by atoms with van der Waals surface area (Å²) in [7, 11) is 0. The van der Waals surface area contributed by atoms with Gasteiger partial charge in [0.25, 0.3) is 0 Å². The molecule has 1 aliphatic rings. The summed E-state index contributed by atoms with van der Waals surface area (Å²) in [5, 5.41) is 0. The molecule has 0 bridgehead atoms. The second-order valence-corrected chi connectivity index (χ2v) is 14.5. The second-order valence-electron chi connectivity index (χ2n) is 14.5. The zero-order valence-corrected chi connectivity index (χ0v) is 32.4.